The highest BCUT2D eigenvalue weighted by Gasteiger charge is 2.14. The summed E-state index contributed by atoms with van der Waals surface area (Å²) in [6, 6.07) is 7.09. The minimum absolute atomic E-state index is 0.00278. The molecule has 0 heterocycles. The van der Waals surface area contributed by atoms with Crippen molar-refractivity contribution in [1.29, 1.82) is 0 Å². The van der Waals surface area contributed by atoms with Gasteiger partial charge in [0.15, 0.2) is 0 Å². The van der Waals surface area contributed by atoms with Crippen molar-refractivity contribution in [2.24, 2.45) is 0 Å². The average Bonchev–Trinajstić information content (AvgIpc) is 2.71. The number of amides is 1. The summed E-state index contributed by atoms with van der Waals surface area (Å²) in [6.07, 6.45) is 9.12. The van der Waals surface area contributed by atoms with Gasteiger partial charge in [-0.25, -0.2) is 0 Å². The second kappa shape index (κ2) is 7.04. The molecular weight excluding hydrogens is 262 g/mol. The number of hydrogen-bond acceptors (Lipinski definition) is 2. The molecule has 0 radical (unpaired) electrons. The molecule has 3 heteroatoms. The molecular formula is C18H21NO2. The number of rotatable bonds is 4. The first-order chi connectivity index (χ1) is 10.1. The van der Waals surface area contributed by atoms with E-state index in [9.17, 15) is 4.79 Å². The number of aliphatic hydroxyl groups excluding tert-OH is 1. The highest BCUT2D eigenvalue weighted by atomic mass is 16.3. The normalized spacial score (nSPS) is 14.2. The van der Waals surface area contributed by atoms with Crippen LogP contribution in [0, 0.1) is 0 Å². The fraction of sp³-hybridized carbons (Fsp3) is 0.278. The number of carbonyl (C=O) groups is 1. The summed E-state index contributed by atoms with van der Waals surface area (Å²) in [5.41, 5.74) is 3.93. The van der Waals surface area contributed by atoms with Crippen LogP contribution in [0.3, 0.4) is 0 Å². The molecule has 3 nitrogen and oxygen atoms in total. The third-order valence-electron chi connectivity index (χ3n) is 3.67. The zero-order valence-electron chi connectivity index (χ0n) is 12.5. The maximum Gasteiger partial charge on any atom is 0.253 e. The standard InChI is InChI=1S/C18H21NO2/c1-14-6-4-3-5-7-17(14)12-19(2)18(21)16-10-8-15(13-20)9-11-16/h3-6,8-11,20H,7,12-13H2,1-2H3. The SMILES string of the molecule is CC1=C(CN(C)C(=O)c2ccc(CO)cc2)CC=CC=C1. The third kappa shape index (κ3) is 3.92. The molecule has 1 N–H and O–H groups in total. The summed E-state index contributed by atoms with van der Waals surface area (Å²) in [5.74, 6) is -0.00278. The molecule has 0 spiro atoms. The van der Waals surface area contributed by atoms with Crippen molar-refractivity contribution in [2.75, 3.05) is 13.6 Å². The first-order valence-corrected chi connectivity index (χ1v) is 7.09. The Morgan fingerprint density at radius 2 is 1.95 bits per heavy atom. The number of carbonyl (C=O) groups excluding carboxylic acids is 1. The Morgan fingerprint density at radius 1 is 1.24 bits per heavy atom. The van der Waals surface area contributed by atoms with Gasteiger partial charge in [-0.05, 0) is 42.2 Å². The van der Waals surface area contributed by atoms with Gasteiger partial charge in [0.2, 0.25) is 0 Å². The van der Waals surface area contributed by atoms with Crippen LogP contribution < -0.4 is 0 Å². The number of allylic oxidation sites excluding steroid dienone is 5. The number of benzene rings is 1. The Labute approximate surface area is 125 Å². The van der Waals surface area contributed by atoms with Gasteiger partial charge in [0.25, 0.3) is 5.91 Å². The molecule has 0 saturated heterocycles. The van der Waals surface area contributed by atoms with Crippen molar-refractivity contribution < 1.29 is 9.90 Å². The minimum atomic E-state index is -0.00490. The van der Waals surface area contributed by atoms with Gasteiger partial charge in [0, 0.05) is 19.2 Å². The van der Waals surface area contributed by atoms with Gasteiger partial charge >= 0.3 is 0 Å². The largest absolute Gasteiger partial charge is 0.392 e. The quantitative estimate of drug-likeness (QED) is 0.922. The summed E-state index contributed by atoms with van der Waals surface area (Å²) in [5, 5.41) is 9.03. The van der Waals surface area contributed by atoms with Crippen LogP contribution in [0.25, 0.3) is 0 Å². The molecule has 110 valence electrons. The second-order valence-electron chi connectivity index (χ2n) is 5.29. The van der Waals surface area contributed by atoms with Gasteiger partial charge in [-0.15, -0.1) is 0 Å². The van der Waals surface area contributed by atoms with E-state index in [4.69, 9.17) is 5.11 Å². The molecule has 1 aliphatic carbocycles. The lowest BCUT2D eigenvalue weighted by atomic mass is 10.1. The molecule has 0 saturated carbocycles. The monoisotopic (exact) mass is 283 g/mol. The summed E-state index contributed by atoms with van der Waals surface area (Å²) in [6.45, 7) is 2.70. The van der Waals surface area contributed by atoms with E-state index < -0.39 is 0 Å². The smallest absolute Gasteiger partial charge is 0.253 e. The lowest BCUT2D eigenvalue weighted by molar-refractivity contribution is 0.0806. The molecule has 1 amide bonds. The van der Waals surface area contributed by atoms with Crippen LogP contribution in [0.5, 0.6) is 0 Å². The lowest BCUT2D eigenvalue weighted by Crippen LogP contribution is -2.29. The van der Waals surface area contributed by atoms with Gasteiger partial charge < -0.3 is 10.0 Å². The van der Waals surface area contributed by atoms with Crippen molar-refractivity contribution in [3.8, 4) is 0 Å². The van der Waals surface area contributed by atoms with Crippen molar-refractivity contribution in [2.45, 2.75) is 20.0 Å². The molecule has 0 bridgehead atoms. The minimum Gasteiger partial charge on any atom is -0.392 e. The van der Waals surface area contributed by atoms with Crippen molar-refractivity contribution >= 4 is 5.91 Å². The Hall–Kier alpha value is -2.13. The Kier molecular flexibility index (Phi) is 5.12. The van der Waals surface area contributed by atoms with E-state index in [2.05, 4.69) is 19.1 Å². The van der Waals surface area contributed by atoms with Crippen LogP contribution in [0.2, 0.25) is 0 Å². The van der Waals surface area contributed by atoms with Gasteiger partial charge in [-0.1, -0.05) is 36.4 Å². The summed E-state index contributed by atoms with van der Waals surface area (Å²) in [4.78, 5) is 14.2. The first kappa shape index (κ1) is 15.3. The lowest BCUT2D eigenvalue weighted by Gasteiger charge is -2.20. The van der Waals surface area contributed by atoms with Crippen LogP contribution in [-0.2, 0) is 6.61 Å². The second-order valence-corrected chi connectivity index (χ2v) is 5.29. The molecule has 0 atom stereocenters. The van der Waals surface area contributed by atoms with Crippen LogP contribution in [0.1, 0.15) is 29.3 Å². The van der Waals surface area contributed by atoms with Gasteiger partial charge in [-0.3, -0.25) is 4.79 Å². The van der Waals surface area contributed by atoms with E-state index in [0.29, 0.717) is 12.1 Å². The molecule has 2 rings (SSSR count). The van der Waals surface area contributed by atoms with Crippen LogP contribution in [-0.4, -0.2) is 29.5 Å². The third-order valence-corrected chi connectivity index (χ3v) is 3.67. The molecule has 0 aromatic heterocycles. The number of hydrogen-bond donors (Lipinski definition) is 1. The van der Waals surface area contributed by atoms with Gasteiger partial charge in [-0.2, -0.15) is 0 Å². The van der Waals surface area contributed by atoms with E-state index in [1.165, 1.54) is 11.1 Å². The van der Waals surface area contributed by atoms with E-state index in [1.54, 1.807) is 29.2 Å². The maximum atomic E-state index is 12.4. The topological polar surface area (TPSA) is 40.5 Å². The fourth-order valence-corrected chi connectivity index (χ4v) is 2.29. The number of nitrogens with zero attached hydrogens (tertiary/aromatic N) is 1. The molecule has 1 aromatic rings. The highest BCUT2D eigenvalue weighted by molar-refractivity contribution is 5.94. The first-order valence-electron chi connectivity index (χ1n) is 7.09. The molecule has 1 aliphatic rings. The van der Waals surface area contributed by atoms with Crippen molar-refractivity contribution in [3.05, 3.63) is 70.8 Å². The van der Waals surface area contributed by atoms with Crippen molar-refractivity contribution in [3.63, 3.8) is 0 Å². The van der Waals surface area contributed by atoms with E-state index in [1.807, 2.05) is 19.2 Å². The Morgan fingerprint density at radius 3 is 2.62 bits per heavy atom. The summed E-state index contributed by atoms with van der Waals surface area (Å²) < 4.78 is 0. The molecule has 0 fully saturated rings. The molecule has 1 aromatic carbocycles. The number of aliphatic hydroxyl groups is 1. The number of likely N-dealkylation sites (N-methyl/N-ethyl adjacent to an activating group) is 1. The zero-order valence-corrected chi connectivity index (χ0v) is 12.5. The maximum absolute atomic E-state index is 12.4. The Balaban J connectivity index is 2.08. The van der Waals surface area contributed by atoms with Crippen LogP contribution >= 0.6 is 0 Å². The summed E-state index contributed by atoms with van der Waals surface area (Å²) >= 11 is 0. The molecule has 0 aliphatic heterocycles. The van der Waals surface area contributed by atoms with E-state index in [-0.39, 0.29) is 12.5 Å². The van der Waals surface area contributed by atoms with Crippen LogP contribution in [0.15, 0.2) is 59.7 Å². The van der Waals surface area contributed by atoms with E-state index >= 15 is 0 Å². The van der Waals surface area contributed by atoms with Crippen LogP contribution in [0.4, 0.5) is 0 Å². The predicted octanol–water partition coefficient (Wildman–Crippen LogP) is 3.08. The highest BCUT2D eigenvalue weighted by Crippen LogP contribution is 2.16. The molecule has 0 unspecified atom stereocenters. The fourth-order valence-electron chi connectivity index (χ4n) is 2.29. The average molecular weight is 283 g/mol. The molecule has 21 heavy (non-hydrogen) atoms. The van der Waals surface area contributed by atoms with Crippen molar-refractivity contribution in [1.82, 2.24) is 4.90 Å². The van der Waals surface area contributed by atoms with E-state index in [0.717, 1.165) is 12.0 Å². The summed E-state index contributed by atoms with van der Waals surface area (Å²) in [7, 11) is 1.82. The zero-order chi connectivity index (χ0) is 15.2. The van der Waals surface area contributed by atoms with Gasteiger partial charge in [0.05, 0.1) is 6.61 Å². The Bertz CT molecular complexity index is 594. The van der Waals surface area contributed by atoms with Gasteiger partial charge in [0.1, 0.15) is 0 Å². The predicted molar refractivity (Wildman–Crippen MR) is 84.9 cm³/mol.